The van der Waals surface area contributed by atoms with Crippen molar-refractivity contribution < 1.29 is 19.7 Å². The van der Waals surface area contributed by atoms with Gasteiger partial charge in [-0.25, -0.2) is 0 Å². The number of likely N-dealkylation sites (tertiary alicyclic amines) is 2. The van der Waals surface area contributed by atoms with Crippen LogP contribution in [-0.4, -0.2) is 84.1 Å². The predicted octanol–water partition coefficient (Wildman–Crippen LogP) is 0.00870. The molecule has 2 aliphatic rings. The molecule has 2 atom stereocenters. The number of hydrogen-bond donors (Lipinski definition) is 2. The summed E-state index contributed by atoms with van der Waals surface area (Å²) in [6, 6.07) is 0. The van der Waals surface area contributed by atoms with Gasteiger partial charge in [0.2, 0.25) is 0 Å². The van der Waals surface area contributed by atoms with Crippen molar-refractivity contribution in [2.45, 2.75) is 37.3 Å². The van der Waals surface area contributed by atoms with Crippen molar-refractivity contribution in [3.63, 3.8) is 0 Å². The van der Waals surface area contributed by atoms with Gasteiger partial charge in [0.25, 0.3) is 0 Å². The first kappa shape index (κ1) is 15.7. The molecular formula is C14H26N2O4. The molecule has 2 unspecified atom stereocenters. The van der Waals surface area contributed by atoms with Gasteiger partial charge in [-0.2, -0.15) is 0 Å². The van der Waals surface area contributed by atoms with Crippen LogP contribution < -0.4 is 0 Å². The molecule has 6 heteroatoms. The van der Waals surface area contributed by atoms with E-state index in [2.05, 4.69) is 4.90 Å². The van der Waals surface area contributed by atoms with Gasteiger partial charge in [-0.1, -0.05) is 0 Å². The van der Waals surface area contributed by atoms with Crippen molar-refractivity contribution in [1.29, 1.82) is 0 Å². The number of nitrogens with zero attached hydrogens (tertiary/aromatic N) is 2. The Morgan fingerprint density at radius 3 is 2.55 bits per heavy atom. The van der Waals surface area contributed by atoms with Gasteiger partial charge in [0.05, 0.1) is 12.7 Å². The van der Waals surface area contributed by atoms with Crippen LogP contribution in [0.3, 0.4) is 0 Å². The molecule has 2 fully saturated rings. The number of ether oxygens (including phenoxy) is 1. The van der Waals surface area contributed by atoms with Gasteiger partial charge in [-0.05, 0) is 45.3 Å². The second-order valence-corrected chi connectivity index (χ2v) is 5.98. The summed E-state index contributed by atoms with van der Waals surface area (Å²) in [6.07, 6.45) is 3.32. The van der Waals surface area contributed by atoms with Crippen LogP contribution in [0.2, 0.25) is 0 Å². The molecule has 0 radical (unpaired) electrons. The van der Waals surface area contributed by atoms with Crippen LogP contribution in [0.25, 0.3) is 0 Å². The Bertz CT molecular complexity index is 333. The Labute approximate surface area is 120 Å². The van der Waals surface area contributed by atoms with E-state index in [1.165, 1.54) is 20.0 Å². The molecule has 0 aromatic carbocycles. The van der Waals surface area contributed by atoms with E-state index in [1.807, 2.05) is 4.90 Å². The first-order valence-corrected chi connectivity index (χ1v) is 7.46. The lowest BCUT2D eigenvalue weighted by atomic mass is 9.97. The molecule has 0 bridgehead atoms. The second-order valence-electron chi connectivity index (χ2n) is 5.98. The average Bonchev–Trinajstić information content (AvgIpc) is 3.01. The molecule has 2 aliphatic heterocycles. The van der Waals surface area contributed by atoms with E-state index in [-0.39, 0.29) is 6.61 Å². The number of aliphatic carboxylic acids is 1. The highest BCUT2D eigenvalue weighted by molar-refractivity contribution is 5.79. The minimum absolute atomic E-state index is 0.179. The third kappa shape index (κ3) is 3.31. The molecule has 0 aromatic rings. The van der Waals surface area contributed by atoms with Crippen molar-refractivity contribution in [1.82, 2.24) is 9.80 Å². The van der Waals surface area contributed by atoms with Crippen molar-refractivity contribution in [3.05, 3.63) is 0 Å². The first-order valence-electron chi connectivity index (χ1n) is 7.46. The summed E-state index contributed by atoms with van der Waals surface area (Å²) in [6.45, 7) is 4.02. The fraction of sp³-hybridized carbons (Fsp3) is 0.929. The first-order chi connectivity index (χ1) is 9.58. The van der Waals surface area contributed by atoms with E-state index in [9.17, 15) is 15.0 Å². The number of rotatable bonds is 7. The summed E-state index contributed by atoms with van der Waals surface area (Å²) in [5.74, 6) is -0.842. The maximum atomic E-state index is 11.6. The third-order valence-electron chi connectivity index (χ3n) is 4.50. The van der Waals surface area contributed by atoms with E-state index in [4.69, 9.17) is 4.74 Å². The van der Waals surface area contributed by atoms with Gasteiger partial charge in [0.1, 0.15) is 5.54 Å². The number of carbonyl (C=O) groups is 1. The summed E-state index contributed by atoms with van der Waals surface area (Å²) in [5, 5.41) is 19.8. The van der Waals surface area contributed by atoms with E-state index < -0.39 is 17.6 Å². The molecule has 2 saturated heterocycles. The van der Waals surface area contributed by atoms with E-state index in [0.717, 1.165) is 19.5 Å². The smallest absolute Gasteiger partial charge is 0.326 e. The monoisotopic (exact) mass is 286 g/mol. The molecule has 0 amide bonds. The Balaban J connectivity index is 1.93. The number of β-amino-alcohol motifs (C(OH)–C–C–N with tert-alkyl or cyclic N) is 1. The summed E-state index contributed by atoms with van der Waals surface area (Å²) in [5.41, 5.74) is -0.958. The van der Waals surface area contributed by atoms with Crippen molar-refractivity contribution in [3.8, 4) is 0 Å². The van der Waals surface area contributed by atoms with Gasteiger partial charge < -0.3 is 19.8 Å². The topological polar surface area (TPSA) is 73.2 Å². The Morgan fingerprint density at radius 2 is 1.95 bits per heavy atom. The highest BCUT2D eigenvalue weighted by Crippen LogP contribution is 2.30. The van der Waals surface area contributed by atoms with Crippen LogP contribution in [0.1, 0.15) is 25.7 Å². The van der Waals surface area contributed by atoms with Crippen LogP contribution in [0.15, 0.2) is 0 Å². The molecule has 0 saturated carbocycles. The average molecular weight is 286 g/mol. The predicted molar refractivity (Wildman–Crippen MR) is 74.7 cm³/mol. The van der Waals surface area contributed by atoms with Crippen LogP contribution >= 0.6 is 0 Å². The molecule has 6 nitrogen and oxygen atoms in total. The molecular weight excluding hydrogens is 260 g/mol. The quantitative estimate of drug-likeness (QED) is 0.687. The zero-order valence-corrected chi connectivity index (χ0v) is 12.3. The summed E-state index contributed by atoms with van der Waals surface area (Å²) in [4.78, 5) is 15.8. The number of carboxylic acids is 1. The molecule has 0 aromatic heterocycles. The van der Waals surface area contributed by atoms with Gasteiger partial charge in [0, 0.05) is 20.2 Å². The molecule has 116 valence electrons. The molecule has 2 N–H and O–H groups in total. The fourth-order valence-corrected chi connectivity index (χ4v) is 3.48. The van der Waals surface area contributed by atoms with E-state index in [0.29, 0.717) is 26.1 Å². The standard InChI is InChI=1S/C14H26N2O4/c1-20-11-14(13(18)19)5-4-8-16(14)10-12(17)9-15-6-2-3-7-15/h12,17H,2-11H2,1H3,(H,18,19). The molecule has 0 aliphatic carbocycles. The van der Waals surface area contributed by atoms with E-state index >= 15 is 0 Å². The highest BCUT2D eigenvalue weighted by atomic mass is 16.5. The molecule has 0 spiro atoms. The molecule has 20 heavy (non-hydrogen) atoms. The lowest BCUT2D eigenvalue weighted by Gasteiger charge is -2.35. The number of aliphatic hydroxyl groups is 1. The molecule has 2 rings (SSSR count). The van der Waals surface area contributed by atoms with Gasteiger partial charge >= 0.3 is 5.97 Å². The minimum Gasteiger partial charge on any atom is -0.480 e. The summed E-state index contributed by atoms with van der Waals surface area (Å²) in [7, 11) is 1.53. The van der Waals surface area contributed by atoms with Crippen LogP contribution in [-0.2, 0) is 9.53 Å². The SMILES string of the molecule is COCC1(C(=O)O)CCCN1CC(O)CN1CCCC1. The minimum atomic E-state index is -0.958. The zero-order chi connectivity index (χ0) is 14.6. The fourth-order valence-electron chi connectivity index (χ4n) is 3.48. The van der Waals surface area contributed by atoms with Crippen LogP contribution in [0.5, 0.6) is 0 Å². The number of hydrogen-bond acceptors (Lipinski definition) is 5. The maximum absolute atomic E-state index is 11.6. The maximum Gasteiger partial charge on any atom is 0.326 e. The lowest BCUT2D eigenvalue weighted by Crippen LogP contribution is -2.56. The molecule has 2 heterocycles. The summed E-state index contributed by atoms with van der Waals surface area (Å²) < 4.78 is 5.12. The van der Waals surface area contributed by atoms with Crippen molar-refractivity contribution in [2.24, 2.45) is 0 Å². The largest absolute Gasteiger partial charge is 0.480 e. The van der Waals surface area contributed by atoms with Crippen LogP contribution in [0, 0.1) is 0 Å². The highest BCUT2D eigenvalue weighted by Gasteiger charge is 2.48. The van der Waals surface area contributed by atoms with E-state index in [1.54, 1.807) is 0 Å². The summed E-state index contributed by atoms with van der Waals surface area (Å²) >= 11 is 0. The Kier molecular flexibility index (Phi) is 5.37. The number of carboxylic acid groups (broad SMARTS) is 1. The second kappa shape index (κ2) is 6.85. The van der Waals surface area contributed by atoms with Crippen molar-refractivity contribution in [2.75, 3.05) is 46.4 Å². The third-order valence-corrected chi connectivity index (χ3v) is 4.50. The Hall–Kier alpha value is -0.690. The van der Waals surface area contributed by atoms with Gasteiger partial charge in [-0.3, -0.25) is 9.69 Å². The van der Waals surface area contributed by atoms with Gasteiger partial charge in [-0.15, -0.1) is 0 Å². The number of methoxy groups -OCH3 is 1. The normalized spacial score (nSPS) is 29.9. The zero-order valence-electron chi connectivity index (χ0n) is 12.3. The van der Waals surface area contributed by atoms with Crippen molar-refractivity contribution >= 4 is 5.97 Å². The van der Waals surface area contributed by atoms with Crippen LogP contribution in [0.4, 0.5) is 0 Å². The number of aliphatic hydroxyl groups excluding tert-OH is 1. The lowest BCUT2D eigenvalue weighted by molar-refractivity contribution is -0.154. The van der Waals surface area contributed by atoms with Gasteiger partial charge in [0.15, 0.2) is 0 Å². The Morgan fingerprint density at radius 1 is 1.25 bits per heavy atom.